The molecule has 2 atom stereocenters. The van der Waals surface area contributed by atoms with Gasteiger partial charge in [-0.3, -0.25) is 4.79 Å². The third-order valence-electron chi connectivity index (χ3n) is 3.89. The minimum atomic E-state index is -0.663. The number of likely N-dealkylation sites (tertiary alicyclic amines) is 1. The topological polar surface area (TPSA) is 77.2 Å². The van der Waals surface area contributed by atoms with Gasteiger partial charge in [0.2, 0.25) is 0 Å². The summed E-state index contributed by atoms with van der Waals surface area (Å²) in [6.07, 6.45) is 1.09. The van der Waals surface area contributed by atoms with Crippen molar-refractivity contribution in [2.45, 2.75) is 18.6 Å². The van der Waals surface area contributed by atoms with Crippen molar-refractivity contribution >= 4 is 5.91 Å². The van der Waals surface area contributed by atoms with Crippen molar-refractivity contribution < 1.29 is 14.3 Å². The highest BCUT2D eigenvalue weighted by atomic mass is 19.1. The van der Waals surface area contributed by atoms with E-state index in [1.54, 1.807) is 12.1 Å². The molecule has 1 fully saturated rings. The van der Waals surface area contributed by atoms with Crippen LogP contribution in [0.1, 0.15) is 34.1 Å². The van der Waals surface area contributed by atoms with Crippen LogP contribution in [0.4, 0.5) is 4.39 Å². The van der Waals surface area contributed by atoms with Crippen LogP contribution in [0.25, 0.3) is 0 Å². The van der Waals surface area contributed by atoms with E-state index in [-0.39, 0.29) is 24.0 Å². The van der Waals surface area contributed by atoms with Crippen molar-refractivity contribution in [3.8, 4) is 6.07 Å². The van der Waals surface area contributed by atoms with Crippen LogP contribution in [0, 0.1) is 17.1 Å². The third kappa shape index (κ3) is 3.05. The molecule has 0 radical (unpaired) electrons. The molecule has 0 unspecified atom stereocenters. The number of nitriles is 1. The Kier molecular flexibility index (Phi) is 4.04. The molecule has 2 heterocycles. The van der Waals surface area contributed by atoms with E-state index < -0.39 is 12.1 Å². The van der Waals surface area contributed by atoms with Gasteiger partial charge in [0.05, 0.1) is 12.1 Å². The number of aliphatic hydroxyl groups is 1. The summed E-state index contributed by atoms with van der Waals surface area (Å²) in [5.74, 6) is -0.693. The Bertz CT molecular complexity index is 787. The molecule has 0 aliphatic carbocycles. The van der Waals surface area contributed by atoms with Crippen LogP contribution in [-0.2, 0) is 0 Å². The molecule has 3 rings (SSSR count). The van der Waals surface area contributed by atoms with Crippen LogP contribution in [0.15, 0.2) is 42.6 Å². The van der Waals surface area contributed by atoms with Crippen molar-refractivity contribution in [2.75, 3.05) is 6.54 Å². The lowest BCUT2D eigenvalue weighted by Gasteiger charge is -2.25. The maximum Gasteiger partial charge on any atom is 0.254 e. The standard InChI is InChI=1S/C17H14FN3O2/c18-13-3-1-2-11(6-13)16-8-15(22)10-21(16)17(23)12-4-5-20-14(7-12)9-19/h1-7,15-16,22H,8,10H2/t15-,16-/m1/s1. The number of amides is 1. The molecule has 2 aromatic rings. The molecular weight excluding hydrogens is 297 g/mol. The number of hydrogen-bond donors (Lipinski definition) is 1. The number of rotatable bonds is 2. The maximum atomic E-state index is 13.5. The van der Waals surface area contributed by atoms with Gasteiger partial charge in [-0.1, -0.05) is 12.1 Å². The molecule has 0 bridgehead atoms. The highest BCUT2D eigenvalue weighted by Crippen LogP contribution is 2.33. The second-order valence-electron chi connectivity index (χ2n) is 5.46. The number of carbonyl (C=O) groups excluding carboxylic acids is 1. The number of aliphatic hydroxyl groups excluding tert-OH is 1. The lowest BCUT2D eigenvalue weighted by atomic mass is 10.0. The average Bonchev–Trinajstić information content (AvgIpc) is 2.96. The van der Waals surface area contributed by atoms with Gasteiger partial charge in [-0.05, 0) is 36.2 Å². The summed E-state index contributed by atoms with van der Waals surface area (Å²) in [7, 11) is 0. The van der Waals surface area contributed by atoms with Crippen LogP contribution >= 0.6 is 0 Å². The first-order valence-corrected chi connectivity index (χ1v) is 7.19. The second-order valence-corrected chi connectivity index (χ2v) is 5.46. The summed E-state index contributed by atoms with van der Waals surface area (Å²) >= 11 is 0. The van der Waals surface area contributed by atoms with Crippen LogP contribution in [0.5, 0.6) is 0 Å². The monoisotopic (exact) mass is 311 g/mol. The normalized spacial score (nSPS) is 20.3. The van der Waals surface area contributed by atoms with Gasteiger partial charge in [0.1, 0.15) is 17.6 Å². The molecule has 1 aliphatic rings. The number of carbonyl (C=O) groups is 1. The Hall–Kier alpha value is -2.78. The molecule has 1 aliphatic heterocycles. The smallest absolute Gasteiger partial charge is 0.254 e. The molecule has 116 valence electrons. The van der Waals surface area contributed by atoms with E-state index in [1.807, 2.05) is 6.07 Å². The van der Waals surface area contributed by atoms with E-state index in [2.05, 4.69) is 4.98 Å². The average molecular weight is 311 g/mol. The van der Waals surface area contributed by atoms with Crippen molar-refractivity contribution in [1.29, 1.82) is 5.26 Å². The highest BCUT2D eigenvalue weighted by molar-refractivity contribution is 5.94. The predicted molar refractivity (Wildman–Crippen MR) is 79.8 cm³/mol. The van der Waals surface area contributed by atoms with E-state index in [9.17, 15) is 14.3 Å². The SMILES string of the molecule is N#Cc1cc(C(=O)N2C[C@H](O)C[C@@H]2c2cccc(F)c2)ccn1. The quantitative estimate of drug-likeness (QED) is 0.920. The van der Waals surface area contributed by atoms with Crippen molar-refractivity contribution in [3.05, 3.63) is 65.2 Å². The van der Waals surface area contributed by atoms with Gasteiger partial charge in [0.25, 0.3) is 5.91 Å². The Morgan fingerprint density at radius 3 is 2.96 bits per heavy atom. The summed E-state index contributed by atoms with van der Waals surface area (Å²) in [5, 5.41) is 18.8. The maximum absolute atomic E-state index is 13.5. The minimum Gasteiger partial charge on any atom is -0.391 e. The molecule has 23 heavy (non-hydrogen) atoms. The number of halogens is 1. The van der Waals surface area contributed by atoms with Gasteiger partial charge < -0.3 is 10.0 Å². The van der Waals surface area contributed by atoms with Crippen molar-refractivity contribution in [2.24, 2.45) is 0 Å². The third-order valence-corrected chi connectivity index (χ3v) is 3.89. The van der Waals surface area contributed by atoms with Crippen LogP contribution < -0.4 is 0 Å². The predicted octanol–water partition coefficient (Wildman–Crippen LogP) is 2.04. The van der Waals surface area contributed by atoms with Crippen molar-refractivity contribution in [1.82, 2.24) is 9.88 Å². The minimum absolute atomic E-state index is 0.151. The Morgan fingerprint density at radius 1 is 1.39 bits per heavy atom. The molecule has 5 nitrogen and oxygen atoms in total. The van der Waals surface area contributed by atoms with Gasteiger partial charge in [-0.15, -0.1) is 0 Å². The molecule has 1 N–H and O–H groups in total. The summed E-state index contributed by atoms with van der Waals surface area (Å²) in [5.41, 5.74) is 1.12. The number of benzene rings is 1. The fourth-order valence-electron chi connectivity index (χ4n) is 2.86. The zero-order chi connectivity index (χ0) is 16.4. The van der Waals surface area contributed by atoms with E-state index >= 15 is 0 Å². The Balaban J connectivity index is 1.93. The first kappa shape index (κ1) is 15.1. The van der Waals surface area contributed by atoms with E-state index in [1.165, 1.54) is 35.4 Å². The lowest BCUT2D eigenvalue weighted by Crippen LogP contribution is -2.31. The molecule has 0 saturated carbocycles. The van der Waals surface area contributed by atoms with Gasteiger partial charge in [0, 0.05) is 18.3 Å². The molecular formula is C17H14FN3O2. The molecule has 1 aromatic carbocycles. The van der Waals surface area contributed by atoms with Gasteiger partial charge in [-0.25, -0.2) is 9.37 Å². The molecule has 6 heteroatoms. The summed E-state index contributed by atoms with van der Waals surface area (Å²) < 4.78 is 13.5. The van der Waals surface area contributed by atoms with E-state index in [4.69, 9.17) is 5.26 Å². The fraction of sp³-hybridized carbons (Fsp3) is 0.235. The summed E-state index contributed by atoms with van der Waals surface area (Å²) in [4.78, 5) is 18.1. The van der Waals surface area contributed by atoms with Gasteiger partial charge >= 0.3 is 0 Å². The molecule has 1 amide bonds. The number of aromatic nitrogens is 1. The second kappa shape index (κ2) is 6.15. The van der Waals surface area contributed by atoms with Crippen LogP contribution in [0.3, 0.4) is 0 Å². The fourth-order valence-corrected chi connectivity index (χ4v) is 2.86. The largest absolute Gasteiger partial charge is 0.391 e. The molecule has 1 saturated heterocycles. The van der Waals surface area contributed by atoms with E-state index in [0.717, 1.165) is 0 Å². The van der Waals surface area contributed by atoms with Gasteiger partial charge in [-0.2, -0.15) is 5.26 Å². The van der Waals surface area contributed by atoms with Crippen LogP contribution in [0.2, 0.25) is 0 Å². The molecule has 0 spiro atoms. The van der Waals surface area contributed by atoms with E-state index in [0.29, 0.717) is 17.5 Å². The Morgan fingerprint density at radius 2 is 2.22 bits per heavy atom. The molecule has 1 aromatic heterocycles. The number of pyridine rings is 1. The lowest BCUT2D eigenvalue weighted by molar-refractivity contribution is 0.0715. The Labute approximate surface area is 132 Å². The first-order chi connectivity index (χ1) is 11.1. The first-order valence-electron chi connectivity index (χ1n) is 7.19. The summed E-state index contributed by atoms with van der Waals surface area (Å²) in [6.45, 7) is 0.171. The number of hydrogen-bond acceptors (Lipinski definition) is 4. The number of β-amino-alcohol motifs (C(OH)–C–C–N with tert-alkyl or cyclic N) is 1. The van der Waals surface area contributed by atoms with Crippen LogP contribution in [-0.4, -0.2) is 33.5 Å². The zero-order valence-electron chi connectivity index (χ0n) is 12.2. The zero-order valence-corrected chi connectivity index (χ0v) is 12.2. The highest BCUT2D eigenvalue weighted by Gasteiger charge is 2.35. The summed E-state index contributed by atoms with van der Waals surface area (Å²) in [6, 6.07) is 10.5. The van der Waals surface area contributed by atoms with Crippen molar-refractivity contribution in [3.63, 3.8) is 0 Å². The van der Waals surface area contributed by atoms with Gasteiger partial charge in [0.15, 0.2) is 0 Å². The number of nitrogens with zero attached hydrogens (tertiary/aromatic N) is 3.